The van der Waals surface area contributed by atoms with E-state index < -0.39 is 34.1 Å². The minimum Gasteiger partial charge on any atom is -0.456 e. The van der Waals surface area contributed by atoms with Gasteiger partial charge in [-0.1, -0.05) is 25.7 Å². The van der Waals surface area contributed by atoms with Crippen LogP contribution in [0, 0.1) is 5.92 Å². The van der Waals surface area contributed by atoms with E-state index in [9.17, 15) is 14.7 Å². The first-order valence-electron chi connectivity index (χ1n) is 24.4. The van der Waals surface area contributed by atoms with E-state index in [-0.39, 0.29) is 110 Å². The first-order valence-corrected chi connectivity index (χ1v) is 24.4. The maximum atomic E-state index is 12.3. The molecule has 9 saturated heterocycles. The summed E-state index contributed by atoms with van der Waals surface area (Å²) in [4.78, 5) is 23.6. The highest BCUT2D eigenvalue weighted by molar-refractivity contribution is 5.84. The standard InChI is InChI=1S/C50H70O14/c1-25(24-51)14-28-17-37(52)50(8)41(54-28)19-33-34(61-50)18-32-29(55-33)10-9-12-46(4)42(58-32)23-49(7)40(62-46)21-39-47(5,64-49)13-11-30-44(60-39)26(2)15-31-36(56-30)22-48(6)38(57-31)20-35-45(63-48)27(3)16-43(53)59-35/h9-10,16,24,26,28-42,44-45,52H,1,11-15,17-23H2,2-8H3/b10-9-. The van der Waals surface area contributed by atoms with Crippen molar-refractivity contribution in [2.24, 2.45) is 5.92 Å². The van der Waals surface area contributed by atoms with Crippen LogP contribution in [0.25, 0.3) is 0 Å². The third-order valence-corrected chi connectivity index (χ3v) is 17.8. The summed E-state index contributed by atoms with van der Waals surface area (Å²) in [6, 6.07) is 0. The number of aldehydes is 1. The highest BCUT2D eigenvalue weighted by atomic mass is 16.7. The van der Waals surface area contributed by atoms with E-state index in [0.29, 0.717) is 63.4 Å². The van der Waals surface area contributed by atoms with Gasteiger partial charge in [-0.05, 0) is 84.3 Å². The molecule has 0 saturated carbocycles. The van der Waals surface area contributed by atoms with Crippen LogP contribution in [0.1, 0.15) is 126 Å². The van der Waals surface area contributed by atoms with Crippen LogP contribution in [0.15, 0.2) is 36.0 Å². The molecule has 0 amide bonds. The number of aliphatic hydroxyl groups excluding tert-OH is 1. The SMILES string of the molecule is C=C(C=O)CC1CC(O)C2(C)OC3CC4OC5CC6(C)OC7(C)CCC8OC9CC%10(C)OC%11C(C)=CC(=O)OC%11CC%10OC9CC(C)C8OC7CC6OC5(C)C/C=C\C4OC3CC2O1. The van der Waals surface area contributed by atoms with Gasteiger partial charge in [-0.15, -0.1) is 0 Å². The van der Waals surface area contributed by atoms with Crippen molar-refractivity contribution in [1.29, 1.82) is 0 Å². The van der Waals surface area contributed by atoms with Crippen molar-refractivity contribution in [3.8, 4) is 0 Å². The molecule has 0 aromatic carbocycles. The second kappa shape index (κ2) is 15.7. The summed E-state index contributed by atoms with van der Waals surface area (Å²) in [6.45, 7) is 18.7. The van der Waals surface area contributed by atoms with Gasteiger partial charge in [0.15, 0.2) is 0 Å². The van der Waals surface area contributed by atoms with Crippen LogP contribution in [-0.2, 0) is 61.7 Å². The summed E-state index contributed by atoms with van der Waals surface area (Å²) in [7, 11) is 0. The largest absolute Gasteiger partial charge is 0.456 e. The van der Waals surface area contributed by atoms with Crippen LogP contribution < -0.4 is 0 Å². The summed E-state index contributed by atoms with van der Waals surface area (Å²) in [5, 5.41) is 11.4. The van der Waals surface area contributed by atoms with Crippen LogP contribution in [0.3, 0.4) is 0 Å². The van der Waals surface area contributed by atoms with Gasteiger partial charge < -0.3 is 57.2 Å². The average molecular weight is 895 g/mol. The maximum absolute atomic E-state index is 12.3. The molecule has 0 aromatic heterocycles. The van der Waals surface area contributed by atoms with Crippen molar-refractivity contribution in [2.75, 3.05) is 0 Å². The van der Waals surface area contributed by atoms with Gasteiger partial charge in [-0.3, -0.25) is 4.79 Å². The lowest BCUT2D eigenvalue weighted by Gasteiger charge is -2.60. The van der Waals surface area contributed by atoms with Crippen molar-refractivity contribution < 1.29 is 66.8 Å². The Bertz CT molecular complexity index is 1940. The second-order valence-corrected chi connectivity index (χ2v) is 22.7. The normalized spacial score (nSPS) is 56.9. The molecule has 0 aromatic rings. The zero-order valence-electron chi connectivity index (χ0n) is 38.6. The molecule has 23 atom stereocenters. The Balaban J connectivity index is 0.776. The van der Waals surface area contributed by atoms with Gasteiger partial charge in [0.2, 0.25) is 0 Å². The van der Waals surface area contributed by atoms with Gasteiger partial charge in [0.05, 0.1) is 108 Å². The molecule has 64 heavy (non-hydrogen) atoms. The molecule has 14 nitrogen and oxygen atoms in total. The Morgan fingerprint density at radius 1 is 0.734 bits per heavy atom. The predicted molar refractivity (Wildman–Crippen MR) is 228 cm³/mol. The van der Waals surface area contributed by atoms with Gasteiger partial charge in [0.1, 0.15) is 30.2 Å². The van der Waals surface area contributed by atoms with Crippen LogP contribution in [0.5, 0.6) is 0 Å². The van der Waals surface area contributed by atoms with Gasteiger partial charge in [0, 0.05) is 57.4 Å². The van der Waals surface area contributed by atoms with Crippen molar-refractivity contribution in [1.82, 2.24) is 0 Å². The van der Waals surface area contributed by atoms with Crippen molar-refractivity contribution in [2.45, 2.75) is 257 Å². The molecule has 11 aliphatic heterocycles. The quantitative estimate of drug-likeness (QED) is 0.165. The van der Waals surface area contributed by atoms with E-state index in [1.165, 1.54) is 0 Å². The predicted octanol–water partition coefficient (Wildman–Crippen LogP) is 5.47. The zero-order valence-corrected chi connectivity index (χ0v) is 38.6. The highest BCUT2D eigenvalue weighted by Crippen LogP contribution is 2.55. The summed E-state index contributed by atoms with van der Waals surface area (Å²) in [5.41, 5.74) is -1.96. The number of fused-ring (bicyclic) bond motifs is 10. The molecule has 11 rings (SSSR count). The number of aliphatic hydroxyl groups is 1. The maximum Gasteiger partial charge on any atom is 0.331 e. The molecule has 11 aliphatic rings. The average Bonchev–Trinajstić information content (AvgIpc) is 3.43. The molecule has 354 valence electrons. The lowest BCUT2D eigenvalue weighted by atomic mass is 9.72. The number of hydrogen-bond donors (Lipinski definition) is 1. The molecule has 1 N–H and O–H groups in total. The fourth-order valence-electron chi connectivity index (χ4n) is 14.0. The minimum absolute atomic E-state index is 0.116. The van der Waals surface area contributed by atoms with E-state index in [4.69, 9.17) is 52.1 Å². The van der Waals surface area contributed by atoms with Crippen LogP contribution in [0.2, 0.25) is 0 Å². The van der Waals surface area contributed by atoms with E-state index in [2.05, 4.69) is 53.3 Å². The van der Waals surface area contributed by atoms with Gasteiger partial charge in [-0.2, -0.15) is 0 Å². The second-order valence-electron chi connectivity index (χ2n) is 22.7. The van der Waals surface area contributed by atoms with Crippen LogP contribution in [0.4, 0.5) is 0 Å². The van der Waals surface area contributed by atoms with E-state index in [0.717, 1.165) is 31.1 Å². The number of rotatable bonds is 3. The number of ether oxygens (including phenoxy) is 11. The lowest BCUT2D eigenvalue weighted by Crippen LogP contribution is -2.70. The topological polar surface area (TPSA) is 156 Å². The Kier molecular flexibility index (Phi) is 10.9. The van der Waals surface area contributed by atoms with Crippen molar-refractivity contribution >= 4 is 12.3 Å². The molecular formula is C50H70O14. The van der Waals surface area contributed by atoms with Crippen molar-refractivity contribution in [3.05, 3.63) is 36.0 Å². The van der Waals surface area contributed by atoms with Gasteiger partial charge in [0.25, 0.3) is 0 Å². The van der Waals surface area contributed by atoms with Crippen molar-refractivity contribution in [3.63, 3.8) is 0 Å². The minimum atomic E-state index is -0.911. The Morgan fingerprint density at radius 2 is 1.50 bits per heavy atom. The lowest BCUT2D eigenvalue weighted by molar-refractivity contribution is -0.356. The molecule has 0 aliphatic carbocycles. The number of carbonyl (C=O) groups excluding carboxylic acids is 2. The molecule has 14 heteroatoms. The third kappa shape index (κ3) is 7.38. The summed E-state index contributed by atoms with van der Waals surface area (Å²) < 4.78 is 75.6. The highest BCUT2D eigenvalue weighted by Gasteiger charge is 2.64. The van der Waals surface area contributed by atoms with Gasteiger partial charge >= 0.3 is 5.97 Å². The van der Waals surface area contributed by atoms with Gasteiger partial charge in [-0.25, -0.2) is 4.79 Å². The monoisotopic (exact) mass is 894 g/mol. The fraction of sp³-hybridized carbons (Fsp3) is 0.840. The molecule has 23 unspecified atom stereocenters. The molecular weight excluding hydrogens is 825 g/mol. The number of esters is 1. The van der Waals surface area contributed by atoms with E-state index in [1.54, 1.807) is 6.08 Å². The van der Waals surface area contributed by atoms with Crippen LogP contribution in [-0.4, -0.2) is 149 Å². The number of hydrogen-bond acceptors (Lipinski definition) is 14. The Hall–Kier alpha value is -2.08. The molecule has 0 radical (unpaired) electrons. The molecule has 0 spiro atoms. The number of carbonyl (C=O) groups is 2. The van der Waals surface area contributed by atoms with E-state index in [1.807, 2.05) is 13.8 Å². The fourth-order valence-corrected chi connectivity index (χ4v) is 14.0. The smallest absolute Gasteiger partial charge is 0.331 e. The van der Waals surface area contributed by atoms with Crippen LogP contribution >= 0.6 is 0 Å². The summed E-state index contributed by atoms with van der Waals surface area (Å²) in [5.74, 6) is -0.146. The molecule has 0 bridgehead atoms. The summed E-state index contributed by atoms with van der Waals surface area (Å²) in [6.07, 6.45) is 9.57. The third-order valence-electron chi connectivity index (χ3n) is 17.8. The first-order chi connectivity index (χ1) is 30.4. The Labute approximate surface area is 377 Å². The molecule has 9 fully saturated rings. The van der Waals surface area contributed by atoms with E-state index >= 15 is 0 Å². The molecule has 11 heterocycles. The first kappa shape index (κ1) is 44.4. The Morgan fingerprint density at radius 3 is 2.31 bits per heavy atom. The zero-order chi connectivity index (χ0) is 44.7. The summed E-state index contributed by atoms with van der Waals surface area (Å²) >= 11 is 0.